The summed E-state index contributed by atoms with van der Waals surface area (Å²) in [5.41, 5.74) is 5.76. The molecule has 0 aliphatic rings. The molecule has 8 nitrogen and oxygen atoms in total. The zero-order valence-corrected chi connectivity index (χ0v) is 13.6. The lowest BCUT2D eigenvalue weighted by atomic mass is 10.3. The average Bonchev–Trinajstić information content (AvgIpc) is 2.86. The van der Waals surface area contributed by atoms with Crippen LogP contribution in [0.1, 0.15) is 5.82 Å². The van der Waals surface area contributed by atoms with Crippen LogP contribution >= 0.6 is 11.8 Å². The molecule has 0 fully saturated rings. The number of nitrogens with zero attached hydrogens (tertiary/aromatic N) is 3. The van der Waals surface area contributed by atoms with Crippen molar-refractivity contribution in [1.29, 1.82) is 0 Å². The molecular formula is C14H17N5O3S. The minimum atomic E-state index is -0.434. The monoisotopic (exact) mass is 335 g/mol. The van der Waals surface area contributed by atoms with Gasteiger partial charge in [0.25, 0.3) is 0 Å². The van der Waals surface area contributed by atoms with E-state index in [-0.39, 0.29) is 18.1 Å². The Hall–Kier alpha value is -2.55. The Bertz CT molecular complexity index is 699. The third-order valence-electron chi connectivity index (χ3n) is 2.96. The highest BCUT2D eigenvalue weighted by molar-refractivity contribution is 7.99. The molecule has 0 bridgehead atoms. The maximum Gasteiger partial charge on any atom is 0.232 e. The van der Waals surface area contributed by atoms with Gasteiger partial charge in [0.1, 0.15) is 11.6 Å². The maximum absolute atomic E-state index is 12.1. The van der Waals surface area contributed by atoms with E-state index in [1.165, 1.54) is 11.8 Å². The van der Waals surface area contributed by atoms with Crippen molar-refractivity contribution in [2.24, 2.45) is 12.8 Å². The number of nitrogens with one attached hydrogen (secondary N) is 1. The number of benzene rings is 1. The first-order valence-corrected chi connectivity index (χ1v) is 7.71. The first-order chi connectivity index (χ1) is 11.0. The summed E-state index contributed by atoms with van der Waals surface area (Å²) >= 11 is 1.18. The Morgan fingerprint density at radius 1 is 1.30 bits per heavy atom. The number of ether oxygens (including phenoxy) is 1. The molecule has 1 aromatic carbocycles. The van der Waals surface area contributed by atoms with E-state index in [2.05, 4.69) is 15.5 Å². The lowest BCUT2D eigenvalue weighted by molar-refractivity contribution is -0.116. The quantitative estimate of drug-likeness (QED) is 0.716. The molecule has 0 radical (unpaired) electrons. The molecule has 1 heterocycles. The van der Waals surface area contributed by atoms with Gasteiger partial charge in [-0.15, -0.1) is 10.2 Å². The van der Waals surface area contributed by atoms with Crippen molar-refractivity contribution < 1.29 is 14.3 Å². The third kappa shape index (κ3) is 4.71. The van der Waals surface area contributed by atoms with Gasteiger partial charge in [-0.2, -0.15) is 0 Å². The molecule has 0 atom stereocenters. The molecule has 0 spiro atoms. The van der Waals surface area contributed by atoms with E-state index in [0.29, 0.717) is 22.4 Å². The largest absolute Gasteiger partial charge is 0.497 e. The number of hydrogen-bond acceptors (Lipinski definition) is 6. The van der Waals surface area contributed by atoms with Crippen LogP contribution in [0.3, 0.4) is 0 Å². The number of aromatic nitrogens is 3. The number of rotatable bonds is 7. The molecule has 0 saturated carbocycles. The fourth-order valence-electron chi connectivity index (χ4n) is 1.78. The Morgan fingerprint density at radius 2 is 2.00 bits per heavy atom. The highest BCUT2D eigenvalue weighted by atomic mass is 32.2. The van der Waals surface area contributed by atoms with E-state index >= 15 is 0 Å². The molecule has 9 heteroatoms. The molecule has 0 saturated heterocycles. The fraction of sp³-hybridized carbons (Fsp3) is 0.286. The molecule has 0 aliphatic heterocycles. The van der Waals surface area contributed by atoms with Crippen LogP contribution in [0.15, 0.2) is 29.4 Å². The van der Waals surface area contributed by atoms with Crippen molar-refractivity contribution in [3.63, 3.8) is 0 Å². The van der Waals surface area contributed by atoms with Gasteiger partial charge >= 0.3 is 0 Å². The van der Waals surface area contributed by atoms with Gasteiger partial charge in [-0.1, -0.05) is 11.8 Å². The average molecular weight is 335 g/mol. The summed E-state index contributed by atoms with van der Waals surface area (Å²) in [6.07, 6.45) is 0.0761. The number of methoxy groups -OCH3 is 1. The normalized spacial score (nSPS) is 10.3. The highest BCUT2D eigenvalue weighted by Gasteiger charge is 2.14. The molecule has 23 heavy (non-hydrogen) atoms. The van der Waals surface area contributed by atoms with Crippen molar-refractivity contribution >= 4 is 29.3 Å². The van der Waals surface area contributed by atoms with Crippen molar-refractivity contribution in [3.05, 3.63) is 30.1 Å². The van der Waals surface area contributed by atoms with Crippen LogP contribution in [0, 0.1) is 0 Å². The number of anilines is 1. The molecule has 1 aromatic heterocycles. The molecule has 3 N–H and O–H groups in total. The maximum atomic E-state index is 12.1. The van der Waals surface area contributed by atoms with Crippen LogP contribution in [0.4, 0.5) is 5.69 Å². The van der Waals surface area contributed by atoms with Crippen LogP contribution in [-0.4, -0.2) is 39.4 Å². The van der Waals surface area contributed by atoms with E-state index in [0.717, 1.165) is 0 Å². The Kier molecular flexibility index (Phi) is 5.58. The standard InChI is InChI=1S/C14H17N5O3S/c1-19-12(17-18-14(19)23-8-11(15)20)7-13(21)16-9-3-5-10(22-2)6-4-9/h3-6H,7-8H2,1-2H3,(H2,15,20)(H,16,21). The molecule has 2 rings (SSSR count). The van der Waals surface area contributed by atoms with Crippen LogP contribution in [0.5, 0.6) is 5.75 Å². The lowest BCUT2D eigenvalue weighted by Crippen LogP contribution is -2.17. The molecule has 122 valence electrons. The van der Waals surface area contributed by atoms with Gasteiger partial charge in [-0.25, -0.2) is 0 Å². The Morgan fingerprint density at radius 3 is 2.61 bits per heavy atom. The minimum Gasteiger partial charge on any atom is -0.497 e. The Labute approximate surface area is 137 Å². The first kappa shape index (κ1) is 16.8. The van der Waals surface area contributed by atoms with Gasteiger partial charge < -0.3 is 20.4 Å². The van der Waals surface area contributed by atoms with Gasteiger partial charge in [-0.3, -0.25) is 9.59 Å². The summed E-state index contributed by atoms with van der Waals surface area (Å²) in [6.45, 7) is 0. The second-order valence-electron chi connectivity index (χ2n) is 4.67. The lowest BCUT2D eigenvalue weighted by Gasteiger charge is -2.06. The van der Waals surface area contributed by atoms with Gasteiger partial charge in [-0.05, 0) is 24.3 Å². The fourth-order valence-corrected chi connectivity index (χ4v) is 2.45. The second-order valence-corrected chi connectivity index (χ2v) is 5.61. The zero-order chi connectivity index (χ0) is 16.8. The first-order valence-electron chi connectivity index (χ1n) is 6.73. The van der Waals surface area contributed by atoms with Crippen molar-refractivity contribution in [1.82, 2.24) is 14.8 Å². The number of primary amides is 1. The number of hydrogen-bond donors (Lipinski definition) is 2. The third-order valence-corrected chi connectivity index (χ3v) is 4.00. The summed E-state index contributed by atoms with van der Waals surface area (Å²) in [4.78, 5) is 22.8. The molecule has 2 aromatic rings. The topological polar surface area (TPSA) is 112 Å². The SMILES string of the molecule is COc1ccc(NC(=O)Cc2nnc(SCC(N)=O)n2C)cc1. The molecule has 0 unspecified atom stereocenters. The summed E-state index contributed by atoms with van der Waals surface area (Å²) < 4.78 is 6.73. The van der Waals surface area contributed by atoms with Crippen LogP contribution in [-0.2, 0) is 23.1 Å². The summed E-state index contributed by atoms with van der Waals surface area (Å²) in [5.74, 6) is 0.689. The van der Waals surface area contributed by atoms with E-state index in [4.69, 9.17) is 10.5 Å². The van der Waals surface area contributed by atoms with Crippen LogP contribution in [0.2, 0.25) is 0 Å². The van der Waals surface area contributed by atoms with Gasteiger partial charge in [0.2, 0.25) is 11.8 Å². The minimum absolute atomic E-state index is 0.0761. The van der Waals surface area contributed by atoms with Crippen molar-refractivity contribution in [3.8, 4) is 5.75 Å². The van der Waals surface area contributed by atoms with Crippen LogP contribution in [0.25, 0.3) is 0 Å². The summed E-state index contributed by atoms with van der Waals surface area (Å²) in [7, 11) is 3.31. The van der Waals surface area contributed by atoms with E-state index in [1.54, 1.807) is 43.0 Å². The second kappa shape index (κ2) is 7.63. The Balaban J connectivity index is 1.95. The van der Waals surface area contributed by atoms with E-state index < -0.39 is 5.91 Å². The number of nitrogens with two attached hydrogens (primary N) is 1. The molecular weight excluding hydrogens is 318 g/mol. The summed E-state index contributed by atoms with van der Waals surface area (Å²) in [6, 6.07) is 7.02. The predicted molar refractivity (Wildman–Crippen MR) is 86.2 cm³/mol. The van der Waals surface area contributed by atoms with E-state index in [1.807, 2.05) is 0 Å². The van der Waals surface area contributed by atoms with E-state index in [9.17, 15) is 9.59 Å². The van der Waals surface area contributed by atoms with Crippen molar-refractivity contribution in [2.45, 2.75) is 11.6 Å². The number of carbonyl (C=O) groups is 2. The molecule has 2 amide bonds. The smallest absolute Gasteiger partial charge is 0.232 e. The predicted octanol–water partition coefficient (Wildman–Crippen LogP) is 0.582. The number of carbonyl (C=O) groups excluding carboxylic acids is 2. The number of amides is 2. The van der Waals surface area contributed by atoms with Crippen LogP contribution < -0.4 is 15.8 Å². The highest BCUT2D eigenvalue weighted by Crippen LogP contribution is 2.17. The molecule has 0 aliphatic carbocycles. The zero-order valence-electron chi connectivity index (χ0n) is 12.8. The summed E-state index contributed by atoms with van der Waals surface area (Å²) in [5, 5.41) is 11.2. The van der Waals surface area contributed by atoms with Gasteiger partial charge in [0.05, 0.1) is 19.3 Å². The van der Waals surface area contributed by atoms with Gasteiger partial charge in [0, 0.05) is 12.7 Å². The van der Waals surface area contributed by atoms with Gasteiger partial charge in [0.15, 0.2) is 5.16 Å². The van der Waals surface area contributed by atoms with Crippen molar-refractivity contribution in [2.75, 3.05) is 18.2 Å². The number of thioether (sulfide) groups is 1.